The van der Waals surface area contributed by atoms with Gasteiger partial charge >= 0.3 is 0 Å². The van der Waals surface area contributed by atoms with Crippen LogP contribution in [0.2, 0.25) is 0 Å². The minimum atomic E-state index is -3.36. The zero-order valence-electron chi connectivity index (χ0n) is 12.1. The summed E-state index contributed by atoms with van der Waals surface area (Å²) in [5.74, 6) is 0.815. The molecule has 1 aromatic rings. The van der Waals surface area contributed by atoms with E-state index in [-0.39, 0.29) is 6.54 Å². The van der Waals surface area contributed by atoms with Gasteiger partial charge in [0.2, 0.25) is 0 Å². The van der Waals surface area contributed by atoms with Crippen molar-refractivity contribution in [1.82, 2.24) is 9.03 Å². The second-order valence-electron chi connectivity index (χ2n) is 5.17. The molecule has 0 bridgehead atoms. The molecule has 6 heteroatoms. The Morgan fingerprint density at radius 2 is 1.90 bits per heavy atom. The van der Waals surface area contributed by atoms with Gasteiger partial charge in [0.15, 0.2) is 0 Å². The first-order valence-electron chi connectivity index (χ1n) is 6.91. The quantitative estimate of drug-likeness (QED) is 0.806. The van der Waals surface area contributed by atoms with Crippen molar-refractivity contribution < 1.29 is 13.2 Å². The van der Waals surface area contributed by atoms with Gasteiger partial charge in [-0.1, -0.05) is 6.07 Å². The van der Waals surface area contributed by atoms with E-state index in [1.807, 2.05) is 6.07 Å². The Balaban J connectivity index is 1.83. The van der Waals surface area contributed by atoms with Crippen molar-refractivity contribution in [2.75, 3.05) is 27.2 Å². The summed E-state index contributed by atoms with van der Waals surface area (Å²) in [6.45, 7) is 0.587. The van der Waals surface area contributed by atoms with Crippen LogP contribution in [0.25, 0.3) is 0 Å². The van der Waals surface area contributed by atoms with Crippen molar-refractivity contribution in [3.05, 3.63) is 29.3 Å². The highest BCUT2D eigenvalue weighted by Crippen LogP contribution is 2.25. The highest BCUT2D eigenvalue weighted by molar-refractivity contribution is 7.87. The van der Waals surface area contributed by atoms with E-state index in [1.165, 1.54) is 38.1 Å². The van der Waals surface area contributed by atoms with Crippen LogP contribution in [-0.4, -0.2) is 40.0 Å². The van der Waals surface area contributed by atoms with Crippen molar-refractivity contribution in [3.63, 3.8) is 0 Å². The van der Waals surface area contributed by atoms with Crippen molar-refractivity contribution >= 4 is 10.2 Å². The van der Waals surface area contributed by atoms with Gasteiger partial charge < -0.3 is 4.74 Å². The Hall–Kier alpha value is -1.11. The molecule has 2 rings (SSSR count). The Bertz CT molecular complexity index is 556. The Labute approximate surface area is 121 Å². The number of hydrogen-bond acceptors (Lipinski definition) is 3. The number of rotatable bonds is 6. The molecule has 0 aliphatic heterocycles. The predicted molar refractivity (Wildman–Crippen MR) is 79.2 cm³/mol. The number of hydrogen-bond donors (Lipinski definition) is 1. The van der Waals surface area contributed by atoms with Gasteiger partial charge in [-0.25, -0.2) is 0 Å². The van der Waals surface area contributed by atoms with Gasteiger partial charge in [-0.15, -0.1) is 0 Å². The highest BCUT2D eigenvalue weighted by atomic mass is 32.2. The van der Waals surface area contributed by atoms with Crippen molar-refractivity contribution in [1.29, 1.82) is 0 Å². The molecule has 0 heterocycles. The van der Waals surface area contributed by atoms with E-state index in [0.29, 0.717) is 6.61 Å². The summed E-state index contributed by atoms with van der Waals surface area (Å²) < 4.78 is 32.2. The molecule has 20 heavy (non-hydrogen) atoms. The second-order valence-corrected chi connectivity index (χ2v) is 7.14. The molecule has 1 aromatic carbocycles. The third kappa shape index (κ3) is 3.94. The lowest BCUT2D eigenvalue weighted by Gasteiger charge is -2.17. The van der Waals surface area contributed by atoms with Gasteiger partial charge in [0, 0.05) is 20.6 Å². The predicted octanol–water partition coefficient (Wildman–Crippen LogP) is 1.34. The lowest BCUT2D eigenvalue weighted by Crippen LogP contribution is -2.37. The maximum absolute atomic E-state index is 11.5. The van der Waals surface area contributed by atoms with E-state index in [2.05, 4.69) is 16.9 Å². The van der Waals surface area contributed by atoms with Crippen LogP contribution in [0.1, 0.15) is 24.0 Å². The smallest absolute Gasteiger partial charge is 0.279 e. The lowest BCUT2D eigenvalue weighted by atomic mass is 9.92. The van der Waals surface area contributed by atoms with E-state index < -0.39 is 10.2 Å². The summed E-state index contributed by atoms with van der Waals surface area (Å²) in [5.41, 5.74) is 2.78. The SMILES string of the molecule is CN(C)S(=O)(=O)NCCOc1ccc2c(c1)CCCC2. The van der Waals surface area contributed by atoms with Crippen LogP contribution < -0.4 is 9.46 Å². The molecule has 1 aliphatic rings. The summed E-state index contributed by atoms with van der Waals surface area (Å²) >= 11 is 0. The average molecular weight is 298 g/mol. The summed E-state index contributed by atoms with van der Waals surface area (Å²) in [7, 11) is -0.378. The third-order valence-corrected chi connectivity index (χ3v) is 4.99. The zero-order chi connectivity index (χ0) is 14.6. The number of ether oxygens (including phenoxy) is 1. The zero-order valence-corrected chi connectivity index (χ0v) is 12.9. The van der Waals surface area contributed by atoms with Crippen LogP contribution in [0.4, 0.5) is 0 Å². The van der Waals surface area contributed by atoms with Crippen LogP contribution in [0.15, 0.2) is 18.2 Å². The maximum atomic E-state index is 11.5. The molecule has 5 nitrogen and oxygen atoms in total. The summed E-state index contributed by atoms with van der Waals surface area (Å²) in [6, 6.07) is 6.16. The fourth-order valence-electron chi connectivity index (χ4n) is 2.27. The number of fused-ring (bicyclic) bond motifs is 1. The summed E-state index contributed by atoms with van der Waals surface area (Å²) in [5, 5.41) is 0. The molecule has 1 aliphatic carbocycles. The van der Waals surface area contributed by atoms with E-state index in [0.717, 1.165) is 22.9 Å². The fourth-order valence-corrected chi connectivity index (χ4v) is 2.87. The van der Waals surface area contributed by atoms with E-state index in [1.54, 1.807) is 0 Å². The fraction of sp³-hybridized carbons (Fsp3) is 0.571. The topological polar surface area (TPSA) is 58.6 Å². The second kappa shape index (κ2) is 6.56. The molecule has 1 N–H and O–H groups in total. The van der Waals surface area contributed by atoms with E-state index in [4.69, 9.17) is 4.74 Å². The van der Waals surface area contributed by atoms with Gasteiger partial charge in [-0.2, -0.15) is 17.4 Å². The molecule has 0 saturated heterocycles. The number of benzene rings is 1. The van der Waals surface area contributed by atoms with Crippen LogP contribution in [0.3, 0.4) is 0 Å². The molecule has 0 amide bonds. The van der Waals surface area contributed by atoms with Crippen LogP contribution in [0.5, 0.6) is 5.75 Å². The van der Waals surface area contributed by atoms with Crippen molar-refractivity contribution in [2.45, 2.75) is 25.7 Å². The third-order valence-electron chi connectivity index (χ3n) is 3.46. The molecule has 0 radical (unpaired) electrons. The molecule has 112 valence electrons. The molecule has 0 saturated carbocycles. The van der Waals surface area contributed by atoms with E-state index in [9.17, 15) is 8.42 Å². The molecule has 0 spiro atoms. The highest BCUT2D eigenvalue weighted by Gasteiger charge is 2.12. The first-order valence-corrected chi connectivity index (χ1v) is 8.35. The van der Waals surface area contributed by atoms with Gasteiger partial charge in [0.1, 0.15) is 12.4 Å². The molecule has 0 aromatic heterocycles. The molecule has 0 unspecified atom stereocenters. The lowest BCUT2D eigenvalue weighted by molar-refractivity contribution is 0.321. The van der Waals surface area contributed by atoms with Gasteiger partial charge in [-0.3, -0.25) is 0 Å². The summed E-state index contributed by atoms with van der Waals surface area (Å²) in [4.78, 5) is 0. The van der Waals surface area contributed by atoms with Gasteiger partial charge in [0.05, 0.1) is 0 Å². The van der Waals surface area contributed by atoms with Crippen LogP contribution >= 0.6 is 0 Å². The van der Waals surface area contributed by atoms with Gasteiger partial charge in [-0.05, 0) is 48.9 Å². The van der Waals surface area contributed by atoms with E-state index >= 15 is 0 Å². The molecule has 0 atom stereocenters. The maximum Gasteiger partial charge on any atom is 0.279 e. The van der Waals surface area contributed by atoms with Crippen LogP contribution in [-0.2, 0) is 23.1 Å². The van der Waals surface area contributed by atoms with Gasteiger partial charge in [0.25, 0.3) is 10.2 Å². The minimum Gasteiger partial charge on any atom is -0.492 e. The first kappa shape index (κ1) is 15.3. The number of nitrogens with one attached hydrogen (secondary N) is 1. The number of aryl methyl sites for hydroxylation is 2. The first-order chi connectivity index (χ1) is 9.49. The minimum absolute atomic E-state index is 0.262. The van der Waals surface area contributed by atoms with Crippen molar-refractivity contribution in [2.24, 2.45) is 0 Å². The monoisotopic (exact) mass is 298 g/mol. The number of nitrogens with zero attached hydrogens (tertiary/aromatic N) is 1. The molecule has 0 fully saturated rings. The van der Waals surface area contributed by atoms with Crippen molar-refractivity contribution in [3.8, 4) is 5.75 Å². The molecular formula is C14H22N2O3S. The Morgan fingerprint density at radius 3 is 2.60 bits per heavy atom. The normalized spacial score (nSPS) is 15.2. The largest absolute Gasteiger partial charge is 0.492 e. The Kier molecular flexibility index (Phi) is 5.01. The molecular weight excluding hydrogens is 276 g/mol. The standard InChI is InChI=1S/C14H22N2O3S/c1-16(2)20(17,18)15-9-10-19-14-8-7-12-5-3-4-6-13(12)11-14/h7-8,11,15H,3-6,9-10H2,1-2H3. The van der Waals surface area contributed by atoms with Crippen LogP contribution in [0, 0.1) is 0 Å². The Morgan fingerprint density at radius 1 is 1.20 bits per heavy atom. The summed E-state index contributed by atoms with van der Waals surface area (Å²) in [6.07, 6.45) is 4.76. The average Bonchev–Trinajstić information content (AvgIpc) is 2.43.